The first-order valence-corrected chi connectivity index (χ1v) is 7.84. The molecule has 3 fully saturated rings. The van der Waals surface area contributed by atoms with Gasteiger partial charge in [-0.2, -0.15) is 0 Å². The predicted octanol–water partition coefficient (Wildman–Crippen LogP) is 0.910. The molecule has 0 bridgehead atoms. The van der Waals surface area contributed by atoms with E-state index < -0.39 is 0 Å². The van der Waals surface area contributed by atoms with Crippen molar-refractivity contribution >= 4 is 24.2 Å². The number of amides is 2. The van der Waals surface area contributed by atoms with E-state index in [1.165, 1.54) is 0 Å². The first-order chi connectivity index (χ1) is 9.53. The van der Waals surface area contributed by atoms with Crippen molar-refractivity contribution in [2.45, 2.75) is 45.1 Å². The minimum Gasteiger partial charge on any atom is -0.369 e. The molecule has 0 aromatic heterocycles. The van der Waals surface area contributed by atoms with Crippen LogP contribution in [0, 0.1) is 17.3 Å². The summed E-state index contributed by atoms with van der Waals surface area (Å²) < 4.78 is 0. The molecule has 1 spiro atoms. The van der Waals surface area contributed by atoms with Crippen LogP contribution >= 0.6 is 12.4 Å². The molecular formula is C15H26ClN3O2. The van der Waals surface area contributed by atoms with E-state index in [0.29, 0.717) is 6.54 Å². The van der Waals surface area contributed by atoms with Crippen molar-refractivity contribution in [2.24, 2.45) is 23.0 Å². The van der Waals surface area contributed by atoms with Gasteiger partial charge in [-0.1, -0.05) is 0 Å². The number of nitrogens with one attached hydrogen (secondary N) is 1. The third kappa shape index (κ3) is 3.04. The van der Waals surface area contributed by atoms with Gasteiger partial charge in [0.1, 0.15) is 0 Å². The second kappa shape index (κ2) is 6.13. The lowest BCUT2D eigenvalue weighted by Gasteiger charge is -2.38. The number of nitrogens with two attached hydrogens (primary N) is 1. The van der Waals surface area contributed by atoms with Crippen molar-refractivity contribution in [2.75, 3.05) is 19.6 Å². The molecule has 1 saturated carbocycles. The van der Waals surface area contributed by atoms with E-state index in [9.17, 15) is 9.59 Å². The molecule has 3 atom stereocenters. The molecule has 21 heavy (non-hydrogen) atoms. The quantitative estimate of drug-likeness (QED) is 0.795. The van der Waals surface area contributed by atoms with Gasteiger partial charge >= 0.3 is 0 Å². The number of halogens is 1. The van der Waals surface area contributed by atoms with E-state index in [2.05, 4.69) is 12.2 Å². The number of hydrogen-bond acceptors (Lipinski definition) is 3. The number of carbonyl (C=O) groups is 2. The molecule has 120 valence electrons. The summed E-state index contributed by atoms with van der Waals surface area (Å²) in [6.07, 6.45) is 4.98. The van der Waals surface area contributed by atoms with Crippen molar-refractivity contribution in [3.05, 3.63) is 0 Å². The average Bonchev–Trinajstić information content (AvgIpc) is 3.12. The SMILES string of the molecule is CC1CCC(C(N)=O)CN1C(=O)C1CC12CCNCC2.Cl. The standard InChI is InChI=1S/C15H25N3O2.ClH/c1-10-2-3-11(13(16)19)9-18(10)14(20)12-8-15(12)4-6-17-7-5-15;/h10-12,17H,2-9H2,1H3,(H2,16,19);1H. The zero-order valence-corrected chi connectivity index (χ0v) is 13.5. The minimum atomic E-state index is -0.262. The van der Waals surface area contributed by atoms with Crippen LogP contribution in [0.4, 0.5) is 0 Å². The van der Waals surface area contributed by atoms with Crippen LogP contribution < -0.4 is 11.1 Å². The Morgan fingerprint density at radius 3 is 2.52 bits per heavy atom. The first kappa shape index (κ1) is 16.6. The van der Waals surface area contributed by atoms with Crippen molar-refractivity contribution in [3.8, 4) is 0 Å². The Bertz CT molecular complexity index is 423. The van der Waals surface area contributed by atoms with Gasteiger partial charge in [-0.3, -0.25) is 9.59 Å². The van der Waals surface area contributed by atoms with Crippen LogP contribution in [0.5, 0.6) is 0 Å². The molecule has 2 aliphatic heterocycles. The van der Waals surface area contributed by atoms with Crippen molar-refractivity contribution < 1.29 is 9.59 Å². The zero-order chi connectivity index (χ0) is 14.3. The van der Waals surface area contributed by atoms with Crippen LogP contribution in [-0.2, 0) is 9.59 Å². The van der Waals surface area contributed by atoms with Crippen LogP contribution in [-0.4, -0.2) is 42.4 Å². The Balaban J connectivity index is 0.00000161. The fraction of sp³-hybridized carbons (Fsp3) is 0.867. The first-order valence-electron chi connectivity index (χ1n) is 7.84. The monoisotopic (exact) mass is 315 g/mol. The number of hydrogen-bond donors (Lipinski definition) is 2. The van der Waals surface area contributed by atoms with Gasteiger partial charge in [0.25, 0.3) is 0 Å². The molecule has 2 amide bonds. The lowest BCUT2D eigenvalue weighted by atomic mass is 9.89. The number of piperidine rings is 2. The molecule has 1 aliphatic carbocycles. The predicted molar refractivity (Wildman–Crippen MR) is 83.0 cm³/mol. The highest BCUT2D eigenvalue weighted by atomic mass is 35.5. The lowest BCUT2D eigenvalue weighted by Crippen LogP contribution is -2.49. The molecule has 6 heteroatoms. The molecule has 5 nitrogen and oxygen atoms in total. The van der Waals surface area contributed by atoms with Crippen molar-refractivity contribution in [1.29, 1.82) is 0 Å². The average molecular weight is 316 g/mol. The highest BCUT2D eigenvalue weighted by Crippen LogP contribution is 2.59. The number of rotatable bonds is 2. The summed E-state index contributed by atoms with van der Waals surface area (Å²) in [7, 11) is 0. The number of likely N-dealkylation sites (tertiary alicyclic amines) is 1. The molecule has 3 unspecified atom stereocenters. The molecule has 2 saturated heterocycles. The van der Waals surface area contributed by atoms with Crippen LogP contribution in [0.25, 0.3) is 0 Å². The maximum atomic E-state index is 12.8. The van der Waals surface area contributed by atoms with Gasteiger partial charge in [0.2, 0.25) is 11.8 Å². The molecule has 0 radical (unpaired) electrons. The molecule has 3 rings (SSSR count). The summed E-state index contributed by atoms with van der Waals surface area (Å²) >= 11 is 0. The molecule has 3 N–H and O–H groups in total. The minimum absolute atomic E-state index is 0. The lowest BCUT2D eigenvalue weighted by molar-refractivity contribution is -0.139. The Kier molecular flexibility index (Phi) is 4.83. The highest BCUT2D eigenvalue weighted by Gasteiger charge is 2.59. The third-order valence-corrected chi connectivity index (χ3v) is 5.65. The van der Waals surface area contributed by atoms with E-state index in [0.717, 1.165) is 45.2 Å². The molecule has 0 aromatic carbocycles. The summed E-state index contributed by atoms with van der Waals surface area (Å²) in [5.41, 5.74) is 5.68. The number of carbonyl (C=O) groups excluding carboxylic acids is 2. The van der Waals surface area contributed by atoms with Crippen LogP contribution in [0.3, 0.4) is 0 Å². The maximum Gasteiger partial charge on any atom is 0.226 e. The van der Waals surface area contributed by atoms with Crippen molar-refractivity contribution in [1.82, 2.24) is 10.2 Å². The third-order valence-electron chi connectivity index (χ3n) is 5.65. The summed E-state index contributed by atoms with van der Waals surface area (Å²) in [4.78, 5) is 26.1. The summed E-state index contributed by atoms with van der Waals surface area (Å²) in [6, 6.07) is 0.248. The number of nitrogens with zero attached hydrogens (tertiary/aromatic N) is 1. The Morgan fingerprint density at radius 1 is 1.24 bits per heavy atom. The van der Waals surface area contributed by atoms with Crippen LogP contribution in [0.2, 0.25) is 0 Å². The van der Waals surface area contributed by atoms with Gasteiger partial charge in [-0.25, -0.2) is 0 Å². The molecule has 3 aliphatic rings. The van der Waals surface area contributed by atoms with E-state index in [1.807, 2.05) is 4.90 Å². The smallest absolute Gasteiger partial charge is 0.226 e. The van der Waals surface area contributed by atoms with Gasteiger partial charge in [-0.05, 0) is 57.5 Å². The zero-order valence-electron chi connectivity index (χ0n) is 12.6. The van der Waals surface area contributed by atoms with Gasteiger partial charge in [-0.15, -0.1) is 12.4 Å². The van der Waals surface area contributed by atoms with Gasteiger partial charge in [0.05, 0.1) is 5.92 Å². The Labute approximate surface area is 132 Å². The number of primary amides is 1. The van der Waals surface area contributed by atoms with Crippen LogP contribution in [0.15, 0.2) is 0 Å². The Hall–Kier alpha value is -0.810. The fourth-order valence-electron chi connectivity index (χ4n) is 4.02. The van der Waals surface area contributed by atoms with Crippen LogP contribution in [0.1, 0.15) is 39.0 Å². The summed E-state index contributed by atoms with van der Waals surface area (Å²) in [6.45, 7) is 4.68. The Morgan fingerprint density at radius 2 is 1.90 bits per heavy atom. The molecule has 0 aromatic rings. The van der Waals surface area contributed by atoms with E-state index in [-0.39, 0.29) is 47.5 Å². The molecular weight excluding hydrogens is 290 g/mol. The fourth-order valence-corrected chi connectivity index (χ4v) is 4.02. The normalized spacial score (nSPS) is 34.1. The highest BCUT2D eigenvalue weighted by molar-refractivity contribution is 5.85. The van der Waals surface area contributed by atoms with Gasteiger partial charge in [0, 0.05) is 18.5 Å². The van der Waals surface area contributed by atoms with E-state index >= 15 is 0 Å². The van der Waals surface area contributed by atoms with Gasteiger partial charge in [0.15, 0.2) is 0 Å². The van der Waals surface area contributed by atoms with Crippen molar-refractivity contribution in [3.63, 3.8) is 0 Å². The van der Waals surface area contributed by atoms with Gasteiger partial charge < -0.3 is 16.0 Å². The maximum absolute atomic E-state index is 12.8. The summed E-state index contributed by atoms with van der Waals surface area (Å²) in [5.74, 6) is 0.0453. The summed E-state index contributed by atoms with van der Waals surface area (Å²) in [5, 5.41) is 3.36. The molecule has 2 heterocycles. The second-order valence-electron chi connectivity index (χ2n) is 6.89. The topological polar surface area (TPSA) is 75.4 Å². The van der Waals surface area contributed by atoms with E-state index in [1.54, 1.807) is 0 Å². The largest absolute Gasteiger partial charge is 0.369 e. The second-order valence-corrected chi connectivity index (χ2v) is 6.89. The van der Waals surface area contributed by atoms with E-state index in [4.69, 9.17) is 5.73 Å².